The highest BCUT2D eigenvalue weighted by atomic mass is 79.9. The molecule has 0 saturated carbocycles. The number of halogens is 1. The number of ether oxygens (including phenoxy) is 2. The van der Waals surface area contributed by atoms with E-state index >= 15 is 0 Å². The number of rotatable bonds is 5. The Hall–Kier alpha value is -3.40. The number of nitrogens with one attached hydrogen (secondary N) is 1. The van der Waals surface area contributed by atoms with E-state index in [0.717, 1.165) is 9.91 Å². The fourth-order valence-electron chi connectivity index (χ4n) is 3.20. The lowest BCUT2D eigenvalue weighted by atomic mass is 10.2. The second kappa shape index (κ2) is 9.17. The average molecular weight is 490 g/mol. The summed E-state index contributed by atoms with van der Waals surface area (Å²) in [5, 5.41) is 0.888. The summed E-state index contributed by atoms with van der Waals surface area (Å²) in [5.74, 6) is -1.57. The van der Waals surface area contributed by atoms with Crippen LogP contribution in [-0.4, -0.2) is 48.9 Å². The van der Waals surface area contributed by atoms with Gasteiger partial charge in [-0.05, 0) is 28.1 Å². The molecule has 1 heterocycles. The predicted molar refractivity (Wildman–Crippen MR) is 115 cm³/mol. The van der Waals surface area contributed by atoms with E-state index < -0.39 is 29.7 Å². The molecule has 0 aromatic heterocycles. The van der Waals surface area contributed by atoms with Gasteiger partial charge in [0, 0.05) is 29.6 Å². The topological polar surface area (TPSA) is 105 Å². The highest BCUT2D eigenvalue weighted by molar-refractivity contribution is 9.10. The van der Waals surface area contributed by atoms with Crippen molar-refractivity contribution in [1.82, 2.24) is 10.4 Å². The van der Waals surface area contributed by atoms with Gasteiger partial charge in [0.1, 0.15) is 17.5 Å². The minimum atomic E-state index is -1.19. The maximum absolute atomic E-state index is 13.1. The van der Waals surface area contributed by atoms with Gasteiger partial charge in [0.15, 0.2) is 0 Å². The molecule has 9 nitrogen and oxygen atoms in total. The molecule has 162 valence electrons. The molecule has 4 amide bonds. The van der Waals surface area contributed by atoms with E-state index in [9.17, 15) is 19.2 Å². The summed E-state index contributed by atoms with van der Waals surface area (Å²) in [5.41, 5.74) is 2.97. The lowest BCUT2D eigenvalue weighted by Gasteiger charge is -2.27. The van der Waals surface area contributed by atoms with Crippen molar-refractivity contribution in [1.29, 1.82) is 0 Å². The number of carbonyl (C=O) groups excluding carboxylic acids is 4. The molecular formula is C21H20BrN3O6. The van der Waals surface area contributed by atoms with Gasteiger partial charge in [-0.3, -0.25) is 24.6 Å². The van der Waals surface area contributed by atoms with E-state index in [1.807, 2.05) is 0 Å². The Morgan fingerprint density at radius 3 is 2.26 bits per heavy atom. The van der Waals surface area contributed by atoms with E-state index in [4.69, 9.17) is 9.47 Å². The third kappa shape index (κ3) is 4.53. The van der Waals surface area contributed by atoms with Gasteiger partial charge in [0.05, 0.1) is 31.9 Å². The molecule has 3 rings (SSSR count). The molecule has 1 aliphatic heterocycles. The number of imide groups is 1. The van der Waals surface area contributed by atoms with Crippen molar-refractivity contribution in [2.45, 2.75) is 19.4 Å². The first-order valence-corrected chi connectivity index (χ1v) is 10.0. The van der Waals surface area contributed by atoms with Crippen LogP contribution in [0.4, 0.5) is 5.69 Å². The highest BCUT2D eigenvalue weighted by Crippen LogP contribution is 2.32. The maximum Gasteiger partial charge on any atom is 0.271 e. The van der Waals surface area contributed by atoms with Crippen molar-refractivity contribution in [3.05, 3.63) is 52.5 Å². The van der Waals surface area contributed by atoms with Crippen LogP contribution in [-0.2, 0) is 14.4 Å². The second-order valence-corrected chi connectivity index (χ2v) is 7.52. The molecule has 0 spiro atoms. The Kier molecular flexibility index (Phi) is 6.59. The summed E-state index contributed by atoms with van der Waals surface area (Å²) in [4.78, 5) is 51.7. The van der Waals surface area contributed by atoms with Crippen molar-refractivity contribution < 1.29 is 28.7 Å². The van der Waals surface area contributed by atoms with Gasteiger partial charge < -0.3 is 9.47 Å². The zero-order chi connectivity index (χ0) is 22.7. The first-order valence-electron chi connectivity index (χ1n) is 9.22. The summed E-state index contributed by atoms with van der Waals surface area (Å²) in [6, 6.07) is 10.1. The van der Waals surface area contributed by atoms with Crippen LogP contribution in [0.5, 0.6) is 11.5 Å². The molecule has 1 saturated heterocycles. The molecule has 1 atom stereocenters. The number of hydrogen-bond donors (Lipinski definition) is 1. The van der Waals surface area contributed by atoms with Gasteiger partial charge >= 0.3 is 0 Å². The number of carbonyl (C=O) groups is 4. The molecule has 1 N–H and O–H groups in total. The van der Waals surface area contributed by atoms with Gasteiger partial charge in [0.2, 0.25) is 11.8 Å². The Morgan fingerprint density at radius 2 is 1.71 bits per heavy atom. The van der Waals surface area contributed by atoms with Crippen LogP contribution in [0.25, 0.3) is 0 Å². The minimum absolute atomic E-state index is 0.245. The van der Waals surface area contributed by atoms with Gasteiger partial charge in [-0.1, -0.05) is 12.1 Å². The number of methoxy groups -OCH3 is 2. The van der Waals surface area contributed by atoms with E-state index in [1.54, 1.807) is 30.3 Å². The molecule has 1 aliphatic rings. The van der Waals surface area contributed by atoms with Gasteiger partial charge in [-0.25, -0.2) is 9.91 Å². The molecule has 2 aromatic rings. The number of benzene rings is 2. The quantitative estimate of drug-likeness (QED) is 0.510. The Balaban J connectivity index is 1.89. The van der Waals surface area contributed by atoms with Crippen LogP contribution in [0.1, 0.15) is 23.7 Å². The predicted octanol–water partition coefficient (Wildman–Crippen LogP) is 2.29. The third-order valence-electron chi connectivity index (χ3n) is 4.71. The lowest BCUT2D eigenvalue weighted by molar-refractivity contribution is -0.139. The van der Waals surface area contributed by atoms with E-state index in [0.29, 0.717) is 16.0 Å². The Morgan fingerprint density at radius 1 is 1.10 bits per heavy atom. The summed E-state index contributed by atoms with van der Waals surface area (Å²) >= 11 is 3.28. The number of hydrogen-bond acceptors (Lipinski definition) is 6. The summed E-state index contributed by atoms with van der Waals surface area (Å²) < 4.78 is 10.9. The first-order chi connectivity index (χ1) is 14.8. The fourth-order valence-corrected chi connectivity index (χ4v) is 3.67. The van der Waals surface area contributed by atoms with Crippen molar-refractivity contribution >= 4 is 45.2 Å². The number of amides is 4. The standard InChI is InChI=1S/C21H20BrN3O6/c1-12(26)25(23-20(28)16-6-4-5-7-17(16)22)18-11-19(27)24(21(18)29)13-8-14(30-2)10-15(9-13)31-3/h4-10,18H,11H2,1-3H3,(H,23,28). The van der Waals surface area contributed by atoms with Crippen molar-refractivity contribution in [3.8, 4) is 11.5 Å². The molecule has 10 heteroatoms. The fraction of sp³-hybridized carbons (Fsp3) is 0.238. The number of nitrogens with zero attached hydrogens (tertiary/aromatic N) is 2. The van der Waals surface area contributed by atoms with Crippen LogP contribution in [0.15, 0.2) is 46.9 Å². The number of anilines is 1. The van der Waals surface area contributed by atoms with Gasteiger partial charge in [-0.2, -0.15) is 0 Å². The van der Waals surface area contributed by atoms with Crippen molar-refractivity contribution in [2.75, 3.05) is 19.1 Å². The monoisotopic (exact) mass is 489 g/mol. The minimum Gasteiger partial charge on any atom is -0.497 e. The van der Waals surface area contributed by atoms with Crippen LogP contribution < -0.4 is 19.8 Å². The van der Waals surface area contributed by atoms with Crippen LogP contribution in [0, 0.1) is 0 Å². The van der Waals surface area contributed by atoms with Gasteiger partial charge in [0.25, 0.3) is 11.8 Å². The van der Waals surface area contributed by atoms with E-state index in [1.165, 1.54) is 33.3 Å². The van der Waals surface area contributed by atoms with Crippen LogP contribution in [0.2, 0.25) is 0 Å². The third-order valence-corrected chi connectivity index (χ3v) is 5.40. The maximum atomic E-state index is 13.1. The zero-order valence-corrected chi connectivity index (χ0v) is 18.6. The second-order valence-electron chi connectivity index (χ2n) is 6.67. The Bertz CT molecular complexity index is 1030. The molecule has 0 aliphatic carbocycles. The lowest BCUT2D eigenvalue weighted by Crippen LogP contribution is -2.54. The Labute approximate surface area is 187 Å². The summed E-state index contributed by atoms with van der Waals surface area (Å²) in [6.45, 7) is 1.20. The summed E-state index contributed by atoms with van der Waals surface area (Å²) in [7, 11) is 2.90. The smallest absolute Gasteiger partial charge is 0.271 e. The number of hydrazine groups is 1. The van der Waals surface area contributed by atoms with E-state index in [2.05, 4.69) is 21.4 Å². The molecule has 0 bridgehead atoms. The normalized spacial score (nSPS) is 15.6. The van der Waals surface area contributed by atoms with Gasteiger partial charge in [-0.15, -0.1) is 0 Å². The van der Waals surface area contributed by atoms with Crippen molar-refractivity contribution in [2.24, 2.45) is 0 Å². The highest BCUT2D eigenvalue weighted by Gasteiger charge is 2.45. The first kappa shape index (κ1) is 22.3. The summed E-state index contributed by atoms with van der Waals surface area (Å²) in [6.07, 6.45) is -0.284. The van der Waals surface area contributed by atoms with Crippen molar-refractivity contribution in [3.63, 3.8) is 0 Å². The molecule has 1 fully saturated rings. The molecular weight excluding hydrogens is 470 g/mol. The largest absolute Gasteiger partial charge is 0.497 e. The molecule has 2 aromatic carbocycles. The zero-order valence-electron chi connectivity index (χ0n) is 17.0. The van der Waals surface area contributed by atoms with Crippen LogP contribution >= 0.6 is 15.9 Å². The van der Waals surface area contributed by atoms with Crippen LogP contribution in [0.3, 0.4) is 0 Å². The van der Waals surface area contributed by atoms with E-state index in [-0.39, 0.29) is 17.7 Å². The molecule has 1 unspecified atom stereocenters. The average Bonchev–Trinajstić information content (AvgIpc) is 3.04. The SMILES string of the molecule is COc1cc(OC)cc(N2C(=O)CC(N(NC(=O)c3ccccc3Br)C(C)=O)C2=O)c1. The molecule has 31 heavy (non-hydrogen) atoms. The molecule has 0 radical (unpaired) electrons.